The summed E-state index contributed by atoms with van der Waals surface area (Å²) in [6.45, 7) is 2.14. The zero-order chi connectivity index (χ0) is 15.0. The molecule has 3 rings (SSSR count). The average Bonchev–Trinajstić information content (AvgIpc) is 2.76. The number of rotatable bonds is 3. The van der Waals surface area contributed by atoms with Crippen LogP contribution in [0.4, 0.5) is 4.39 Å². The lowest BCUT2D eigenvalue weighted by molar-refractivity contribution is 0.0697. The summed E-state index contributed by atoms with van der Waals surface area (Å²) < 4.78 is 15.6. The summed E-state index contributed by atoms with van der Waals surface area (Å²) in [7, 11) is 0. The number of imidazole rings is 1. The number of benzene rings is 2. The van der Waals surface area contributed by atoms with E-state index in [2.05, 4.69) is 4.98 Å². The molecular weight excluding hydrogens is 271 g/mol. The van der Waals surface area contributed by atoms with E-state index < -0.39 is 5.97 Å². The van der Waals surface area contributed by atoms with E-state index in [1.807, 2.05) is 11.5 Å². The van der Waals surface area contributed by atoms with Crippen LogP contribution in [0.5, 0.6) is 0 Å². The number of hydrogen-bond acceptors (Lipinski definition) is 2. The Morgan fingerprint density at radius 1 is 1.29 bits per heavy atom. The van der Waals surface area contributed by atoms with E-state index in [0.717, 1.165) is 5.82 Å². The fourth-order valence-corrected chi connectivity index (χ4v) is 2.37. The van der Waals surface area contributed by atoms with Gasteiger partial charge in [0.1, 0.15) is 11.6 Å². The molecule has 0 aliphatic rings. The third-order valence-corrected chi connectivity index (χ3v) is 3.47. The zero-order valence-corrected chi connectivity index (χ0v) is 11.4. The first-order valence-electron chi connectivity index (χ1n) is 6.50. The van der Waals surface area contributed by atoms with Crippen LogP contribution < -0.4 is 0 Å². The summed E-state index contributed by atoms with van der Waals surface area (Å²) in [5.74, 6) is -0.558. The van der Waals surface area contributed by atoms with Crippen LogP contribution in [0.1, 0.15) is 21.7 Å². The van der Waals surface area contributed by atoms with Gasteiger partial charge in [-0.25, -0.2) is 14.2 Å². The molecule has 0 spiro atoms. The normalized spacial score (nSPS) is 11.0. The summed E-state index contributed by atoms with van der Waals surface area (Å²) in [4.78, 5) is 15.5. The second-order valence-electron chi connectivity index (χ2n) is 4.85. The standard InChI is InChI=1S/C16H13FN2O2/c1-10-18-14-7-6-11(16(20)21)8-15(14)19(10)9-12-4-2-3-5-13(12)17/h2-8H,9H2,1H3,(H,20,21). The Morgan fingerprint density at radius 3 is 2.76 bits per heavy atom. The molecule has 0 aliphatic heterocycles. The van der Waals surface area contributed by atoms with Crippen molar-refractivity contribution >= 4 is 17.0 Å². The molecule has 106 valence electrons. The van der Waals surface area contributed by atoms with E-state index in [1.54, 1.807) is 30.3 Å². The molecule has 0 saturated heterocycles. The lowest BCUT2D eigenvalue weighted by Crippen LogP contribution is -2.04. The number of carbonyl (C=O) groups is 1. The number of aromatic nitrogens is 2. The largest absolute Gasteiger partial charge is 0.478 e. The molecule has 0 amide bonds. The molecule has 0 atom stereocenters. The summed E-state index contributed by atoms with van der Waals surface area (Å²) in [6, 6.07) is 11.3. The second kappa shape index (κ2) is 5.01. The lowest BCUT2D eigenvalue weighted by Gasteiger charge is -2.08. The smallest absolute Gasteiger partial charge is 0.335 e. The highest BCUT2D eigenvalue weighted by atomic mass is 19.1. The molecule has 2 aromatic carbocycles. The number of aromatic carboxylic acids is 1. The molecule has 0 bridgehead atoms. The Balaban J connectivity index is 2.13. The van der Waals surface area contributed by atoms with Gasteiger partial charge in [0, 0.05) is 5.56 Å². The maximum Gasteiger partial charge on any atom is 0.335 e. The van der Waals surface area contributed by atoms with Gasteiger partial charge in [-0.05, 0) is 31.2 Å². The Morgan fingerprint density at radius 2 is 2.05 bits per heavy atom. The van der Waals surface area contributed by atoms with Crippen LogP contribution in [0.15, 0.2) is 42.5 Å². The topological polar surface area (TPSA) is 55.1 Å². The second-order valence-corrected chi connectivity index (χ2v) is 4.85. The Kier molecular flexibility index (Phi) is 3.17. The van der Waals surface area contributed by atoms with Crippen molar-refractivity contribution in [2.75, 3.05) is 0 Å². The summed E-state index contributed by atoms with van der Waals surface area (Å²) in [5.41, 5.74) is 2.13. The maximum atomic E-state index is 13.8. The number of nitrogens with zero attached hydrogens (tertiary/aromatic N) is 2. The van der Waals surface area contributed by atoms with Gasteiger partial charge in [0.25, 0.3) is 0 Å². The Bertz CT molecular complexity index is 839. The van der Waals surface area contributed by atoms with Crippen molar-refractivity contribution in [1.82, 2.24) is 9.55 Å². The number of carboxylic acids is 1. The lowest BCUT2D eigenvalue weighted by atomic mass is 10.2. The third-order valence-electron chi connectivity index (χ3n) is 3.47. The molecule has 1 N–H and O–H groups in total. The van der Waals surface area contributed by atoms with Crippen LogP contribution in [0.2, 0.25) is 0 Å². The first kappa shape index (κ1) is 13.3. The first-order chi connectivity index (χ1) is 10.1. The van der Waals surface area contributed by atoms with Crippen molar-refractivity contribution < 1.29 is 14.3 Å². The number of halogens is 1. The Labute approximate surface area is 120 Å². The van der Waals surface area contributed by atoms with Gasteiger partial charge in [0.2, 0.25) is 0 Å². The monoisotopic (exact) mass is 284 g/mol. The number of hydrogen-bond donors (Lipinski definition) is 1. The van der Waals surface area contributed by atoms with Crippen molar-refractivity contribution in [2.45, 2.75) is 13.5 Å². The van der Waals surface area contributed by atoms with Crippen molar-refractivity contribution in [2.24, 2.45) is 0 Å². The summed E-state index contributed by atoms with van der Waals surface area (Å²) in [6.07, 6.45) is 0. The van der Waals surface area contributed by atoms with E-state index in [1.165, 1.54) is 12.1 Å². The molecule has 0 unspecified atom stereocenters. The Hall–Kier alpha value is -2.69. The van der Waals surface area contributed by atoms with Crippen molar-refractivity contribution in [3.63, 3.8) is 0 Å². The van der Waals surface area contributed by atoms with Crippen LogP contribution in [-0.2, 0) is 6.54 Å². The molecule has 5 heteroatoms. The molecule has 3 aromatic rings. The third kappa shape index (κ3) is 2.38. The highest BCUT2D eigenvalue weighted by molar-refractivity contribution is 5.92. The van der Waals surface area contributed by atoms with Gasteiger partial charge in [-0.2, -0.15) is 0 Å². The van der Waals surface area contributed by atoms with Gasteiger partial charge in [-0.15, -0.1) is 0 Å². The van der Waals surface area contributed by atoms with Gasteiger partial charge in [-0.3, -0.25) is 0 Å². The average molecular weight is 284 g/mol. The van der Waals surface area contributed by atoms with Gasteiger partial charge in [-0.1, -0.05) is 18.2 Å². The molecule has 21 heavy (non-hydrogen) atoms. The SMILES string of the molecule is Cc1nc2ccc(C(=O)O)cc2n1Cc1ccccc1F. The fraction of sp³-hybridized carbons (Fsp3) is 0.125. The van der Waals surface area contributed by atoms with Crippen LogP contribution in [0, 0.1) is 12.7 Å². The van der Waals surface area contributed by atoms with Gasteiger partial charge in [0.05, 0.1) is 23.1 Å². The number of aryl methyl sites for hydroxylation is 1. The maximum absolute atomic E-state index is 13.8. The number of carboxylic acid groups (broad SMARTS) is 1. The minimum absolute atomic E-state index is 0.192. The van der Waals surface area contributed by atoms with Crippen LogP contribution >= 0.6 is 0 Å². The van der Waals surface area contributed by atoms with Gasteiger partial charge < -0.3 is 9.67 Å². The van der Waals surface area contributed by atoms with Crippen LogP contribution in [0.3, 0.4) is 0 Å². The molecule has 1 aromatic heterocycles. The van der Waals surface area contributed by atoms with E-state index >= 15 is 0 Å². The zero-order valence-electron chi connectivity index (χ0n) is 11.4. The van der Waals surface area contributed by atoms with Crippen molar-refractivity contribution in [3.8, 4) is 0 Å². The van der Waals surface area contributed by atoms with E-state index in [4.69, 9.17) is 5.11 Å². The van der Waals surface area contributed by atoms with Gasteiger partial charge in [0.15, 0.2) is 0 Å². The summed E-state index contributed by atoms with van der Waals surface area (Å²) in [5, 5.41) is 9.09. The minimum Gasteiger partial charge on any atom is -0.478 e. The summed E-state index contributed by atoms with van der Waals surface area (Å²) >= 11 is 0. The van der Waals surface area contributed by atoms with Gasteiger partial charge >= 0.3 is 5.97 Å². The first-order valence-corrected chi connectivity index (χ1v) is 6.50. The highest BCUT2D eigenvalue weighted by Crippen LogP contribution is 2.20. The van der Waals surface area contributed by atoms with Crippen molar-refractivity contribution in [1.29, 1.82) is 0 Å². The molecule has 0 saturated carbocycles. The molecular formula is C16H13FN2O2. The van der Waals surface area contributed by atoms with Crippen LogP contribution in [-0.4, -0.2) is 20.6 Å². The van der Waals surface area contributed by atoms with Crippen LogP contribution in [0.25, 0.3) is 11.0 Å². The van der Waals surface area contributed by atoms with Crippen molar-refractivity contribution in [3.05, 3.63) is 65.2 Å². The van der Waals surface area contributed by atoms with E-state index in [-0.39, 0.29) is 11.4 Å². The molecule has 4 nitrogen and oxygen atoms in total. The predicted molar refractivity (Wildman–Crippen MR) is 76.9 cm³/mol. The number of fused-ring (bicyclic) bond motifs is 1. The fourth-order valence-electron chi connectivity index (χ4n) is 2.37. The molecule has 0 aliphatic carbocycles. The molecule has 0 fully saturated rings. The molecule has 0 radical (unpaired) electrons. The minimum atomic E-state index is -0.992. The highest BCUT2D eigenvalue weighted by Gasteiger charge is 2.12. The predicted octanol–water partition coefficient (Wildman–Crippen LogP) is 3.23. The van der Waals surface area contributed by atoms with E-state index in [9.17, 15) is 9.18 Å². The molecule has 1 heterocycles. The van der Waals surface area contributed by atoms with E-state index in [0.29, 0.717) is 23.1 Å². The quantitative estimate of drug-likeness (QED) is 0.803.